The lowest BCUT2D eigenvalue weighted by molar-refractivity contribution is 0.270. The Morgan fingerprint density at radius 1 is 1.47 bits per heavy atom. The number of aliphatic hydroxyl groups is 1. The number of hydrogen-bond donors (Lipinski definition) is 2. The van der Waals surface area contributed by atoms with Gasteiger partial charge in [-0.25, -0.2) is 4.68 Å². The molecule has 0 aliphatic heterocycles. The minimum absolute atomic E-state index is 0.00574. The van der Waals surface area contributed by atoms with Gasteiger partial charge in [0, 0.05) is 6.20 Å². The van der Waals surface area contributed by atoms with Crippen molar-refractivity contribution in [3.8, 4) is 11.3 Å². The van der Waals surface area contributed by atoms with Gasteiger partial charge >= 0.3 is 0 Å². The second-order valence-corrected chi connectivity index (χ2v) is 3.00. The van der Waals surface area contributed by atoms with E-state index in [0.717, 1.165) is 5.56 Å². The number of anilines is 1. The predicted octanol–water partition coefficient (Wildman–Crippen LogP) is -0.0854. The van der Waals surface area contributed by atoms with E-state index in [1.54, 1.807) is 18.5 Å². The van der Waals surface area contributed by atoms with Gasteiger partial charge < -0.3 is 10.8 Å². The first-order valence-electron chi connectivity index (χ1n) is 4.53. The van der Waals surface area contributed by atoms with E-state index < -0.39 is 0 Å². The number of aromatic nitrogens is 4. The van der Waals surface area contributed by atoms with Gasteiger partial charge in [0.2, 0.25) is 0 Å². The molecule has 0 aromatic carbocycles. The average Bonchev–Trinajstić information content (AvgIpc) is 2.63. The Labute approximate surface area is 86.4 Å². The summed E-state index contributed by atoms with van der Waals surface area (Å²) in [6.45, 7) is 0.387. The van der Waals surface area contributed by atoms with Crippen LogP contribution in [0.5, 0.6) is 0 Å². The first kappa shape index (κ1) is 9.60. The van der Waals surface area contributed by atoms with Crippen LogP contribution in [0.3, 0.4) is 0 Å². The van der Waals surface area contributed by atoms with E-state index in [9.17, 15) is 0 Å². The van der Waals surface area contributed by atoms with Gasteiger partial charge in [-0.2, -0.15) is 15.3 Å². The molecule has 0 amide bonds. The SMILES string of the molecule is Nc1c(-c2cccnn2)cnn1CCO. The number of rotatable bonds is 3. The van der Waals surface area contributed by atoms with Crippen LogP contribution in [0, 0.1) is 0 Å². The summed E-state index contributed by atoms with van der Waals surface area (Å²) in [5.74, 6) is 0.490. The van der Waals surface area contributed by atoms with Gasteiger partial charge in [0.05, 0.1) is 30.6 Å². The fraction of sp³-hybridized carbons (Fsp3) is 0.222. The second kappa shape index (κ2) is 4.05. The first-order valence-corrected chi connectivity index (χ1v) is 4.53. The van der Waals surface area contributed by atoms with Crippen LogP contribution in [0.2, 0.25) is 0 Å². The number of aliphatic hydroxyl groups excluding tert-OH is 1. The van der Waals surface area contributed by atoms with E-state index in [2.05, 4.69) is 15.3 Å². The van der Waals surface area contributed by atoms with Crippen molar-refractivity contribution < 1.29 is 5.11 Å². The molecule has 6 nitrogen and oxygen atoms in total. The Bertz CT molecular complexity index is 439. The van der Waals surface area contributed by atoms with E-state index >= 15 is 0 Å². The van der Waals surface area contributed by atoms with Crippen LogP contribution in [0.4, 0.5) is 5.82 Å². The van der Waals surface area contributed by atoms with E-state index in [-0.39, 0.29) is 6.61 Å². The lowest BCUT2D eigenvalue weighted by atomic mass is 10.2. The van der Waals surface area contributed by atoms with Crippen molar-refractivity contribution in [2.75, 3.05) is 12.3 Å². The van der Waals surface area contributed by atoms with Crippen LogP contribution >= 0.6 is 0 Å². The molecule has 2 aromatic heterocycles. The summed E-state index contributed by atoms with van der Waals surface area (Å²) in [6.07, 6.45) is 3.22. The first-order chi connectivity index (χ1) is 7.33. The molecule has 6 heteroatoms. The number of nitrogen functional groups attached to an aromatic ring is 1. The van der Waals surface area contributed by atoms with Crippen LogP contribution in [-0.4, -0.2) is 31.7 Å². The normalized spacial score (nSPS) is 10.5. The van der Waals surface area contributed by atoms with Crippen LogP contribution in [-0.2, 0) is 6.54 Å². The lowest BCUT2D eigenvalue weighted by Gasteiger charge is -2.01. The maximum absolute atomic E-state index is 8.78. The molecule has 0 saturated heterocycles. The highest BCUT2D eigenvalue weighted by molar-refractivity contribution is 5.69. The molecule has 15 heavy (non-hydrogen) atoms. The summed E-state index contributed by atoms with van der Waals surface area (Å²) in [7, 11) is 0. The molecule has 0 bridgehead atoms. The molecule has 0 spiro atoms. The highest BCUT2D eigenvalue weighted by atomic mass is 16.3. The second-order valence-electron chi connectivity index (χ2n) is 3.00. The number of hydrogen-bond acceptors (Lipinski definition) is 5. The summed E-state index contributed by atoms with van der Waals surface area (Å²) >= 11 is 0. The van der Waals surface area contributed by atoms with Gasteiger partial charge in [0.15, 0.2) is 0 Å². The predicted molar refractivity (Wildman–Crippen MR) is 54.8 cm³/mol. The summed E-state index contributed by atoms with van der Waals surface area (Å²) < 4.78 is 1.53. The molecule has 0 atom stereocenters. The summed E-state index contributed by atoms with van der Waals surface area (Å²) in [4.78, 5) is 0. The van der Waals surface area contributed by atoms with Crippen LogP contribution in [0.15, 0.2) is 24.5 Å². The molecule has 78 valence electrons. The van der Waals surface area contributed by atoms with Gasteiger partial charge in [-0.05, 0) is 12.1 Å². The maximum Gasteiger partial charge on any atom is 0.131 e. The zero-order chi connectivity index (χ0) is 10.7. The van der Waals surface area contributed by atoms with Crippen LogP contribution in [0.1, 0.15) is 0 Å². The van der Waals surface area contributed by atoms with Crippen molar-refractivity contribution in [1.29, 1.82) is 0 Å². The van der Waals surface area contributed by atoms with E-state index in [1.807, 2.05) is 6.07 Å². The zero-order valence-electron chi connectivity index (χ0n) is 8.04. The highest BCUT2D eigenvalue weighted by Crippen LogP contribution is 2.22. The molecule has 2 aromatic rings. The van der Waals surface area contributed by atoms with Gasteiger partial charge in [-0.1, -0.05) is 0 Å². The zero-order valence-corrected chi connectivity index (χ0v) is 8.04. The van der Waals surface area contributed by atoms with E-state index in [1.165, 1.54) is 4.68 Å². The van der Waals surface area contributed by atoms with Gasteiger partial charge in [0.25, 0.3) is 0 Å². The fourth-order valence-electron chi connectivity index (χ4n) is 1.31. The van der Waals surface area contributed by atoms with Crippen molar-refractivity contribution in [3.05, 3.63) is 24.5 Å². The summed E-state index contributed by atoms with van der Waals surface area (Å²) in [6, 6.07) is 3.59. The van der Waals surface area contributed by atoms with Gasteiger partial charge in [0.1, 0.15) is 5.82 Å². The Morgan fingerprint density at radius 2 is 2.33 bits per heavy atom. The average molecular weight is 205 g/mol. The fourth-order valence-corrected chi connectivity index (χ4v) is 1.31. The number of nitrogens with two attached hydrogens (primary N) is 1. The lowest BCUT2D eigenvalue weighted by Crippen LogP contribution is -2.07. The molecule has 0 aliphatic carbocycles. The minimum atomic E-state index is 0.00574. The maximum atomic E-state index is 8.78. The molecular weight excluding hydrogens is 194 g/mol. The molecule has 2 rings (SSSR count). The Kier molecular flexibility index (Phi) is 2.59. The third kappa shape index (κ3) is 1.79. The summed E-state index contributed by atoms with van der Waals surface area (Å²) in [5.41, 5.74) is 7.26. The van der Waals surface area contributed by atoms with Gasteiger partial charge in [-0.15, -0.1) is 0 Å². The van der Waals surface area contributed by atoms with Crippen molar-refractivity contribution >= 4 is 5.82 Å². The van der Waals surface area contributed by atoms with Gasteiger partial charge in [-0.3, -0.25) is 0 Å². The largest absolute Gasteiger partial charge is 0.394 e. The topological polar surface area (TPSA) is 89.9 Å². The molecule has 0 saturated carbocycles. The van der Waals surface area contributed by atoms with Crippen molar-refractivity contribution in [2.45, 2.75) is 6.54 Å². The molecule has 3 N–H and O–H groups in total. The van der Waals surface area contributed by atoms with Crippen LogP contribution < -0.4 is 5.73 Å². The van der Waals surface area contributed by atoms with Crippen molar-refractivity contribution in [1.82, 2.24) is 20.0 Å². The highest BCUT2D eigenvalue weighted by Gasteiger charge is 2.09. The van der Waals surface area contributed by atoms with Crippen molar-refractivity contribution in [3.63, 3.8) is 0 Å². The third-order valence-corrected chi connectivity index (χ3v) is 2.04. The molecule has 2 heterocycles. The van der Waals surface area contributed by atoms with E-state index in [0.29, 0.717) is 18.1 Å². The monoisotopic (exact) mass is 205 g/mol. The third-order valence-electron chi connectivity index (χ3n) is 2.04. The molecule has 0 radical (unpaired) electrons. The Balaban J connectivity index is 2.38. The number of nitrogens with zero attached hydrogens (tertiary/aromatic N) is 4. The summed E-state index contributed by atoms with van der Waals surface area (Å²) in [5, 5.41) is 20.5. The standard InChI is InChI=1S/C9H11N5O/c10-9-7(6-12-14(9)4-5-15)8-2-1-3-11-13-8/h1-3,6,15H,4-5,10H2. The van der Waals surface area contributed by atoms with Crippen LogP contribution in [0.25, 0.3) is 11.3 Å². The molecule has 0 fully saturated rings. The van der Waals surface area contributed by atoms with Crippen molar-refractivity contribution in [2.24, 2.45) is 0 Å². The van der Waals surface area contributed by atoms with E-state index in [4.69, 9.17) is 10.8 Å². The molecular formula is C9H11N5O. The molecule has 0 unspecified atom stereocenters. The molecule has 0 aliphatic rings. The minimum Gasteiger partial charge on any atom is -0.394 e. The Hall–Kier alpha value is -1.95. The Morgan fingerprint density at radius 3 is 3.00 bits per heavy atom. The quantitative estimate of drug-likeness (QED) is 0.731. The smallest absolute Gasteiger partial charge is 0.131 e.